The average molecular weight is 236 g/mol. The Morgan fingerprint density at radius 1 is 1.18 bits per heavy atom. The summed E-state index contributed by atoms with van der Waals surface area (Å²) in [6.07, 6.45) is 0.764. The van der Waals surface area contributed by atoms with Gasteiger partial charge in [-0.05, 0) is 50.8 Å². The van der Waals surface area contributed by atoms with E-state index in [1.54, 1.807) is 7.11 Å². The maximum absolute atomic E-state index is 6.23. The van der Waals surface area contributed by atoms with Crippen LogP contribution >= 0.6 is 0 Å². The van der Waals surface area contributed by atoms with Gasteiger partial charge < -0.3 is 16.2 Å². The maximum Gasteiger partial charge on any atom is 0.127 e. The van der Waals surface area contributed by atoms with Gasteiger partial charge >= 0.3 is 0 Å². The summed E-state index contributed by atoms with van der Waals surface area (Å²) in [5, 5.41) is 0. The highest BCUT2D eigenvalue weighted by Gasteiger charge is 2.19. The summed E-state index contributed by atoms with van der Waals surface area (Å²) >= 11 is 0. The summed E-state index contributed by atoms with van der Waals surface area (Å²) in [7, 11) is 1.70. The van der Waals surface area contributed by atoms with Gasteiger partial charge in [-0.1, -0.05) is 6.07 Å². The predicted octanol–water partition coefficient (Wildman–Crippen LogP) is 2.36. The fourth-order valence-electron chi connectivity index (χ4n) is 2.31. The fourth-order valence-corrected chi connectivity index (χ4v) is 2.31. The molecule has 0 radical (unpaired) electrons. The molecular formula is C14H24N2O. The first-order chi connectivity index (χ1) is 7.88. The number of rotatable bonds is 4. The highest BCUT2D eigenvalue weighted by atomic mass is 16.5. The number of benzene rings is 1. The second-order valence-electron chi connectivity index (χ2n) is 4.90. The van der Waals surface area contributed by atoms with Crippen molar-refractivity contribution in [3.8, 4) is 5.75 Å². The van der Waals surface area contributed by atoms with E-state index in [9.17, 15) is 0 Å². The van der Waals surface area contributed by atoms with E-state index in [4.69, 9.17) is 16.2 Å². The Hall–Kier alpha value is -1.06. The minimum Gasteiger partial charge on any atom is -0.496 e. The van der Waals surface area contributed by atoms with E-state index >= 15 is 0 Å². The van der Waals surface area contributed by atoms with E-state index in [1.165, 1.54) is 11.1 Å². The molecule has 3 heteroatoms. The monoisotopic (exact) mass is 236 g/mol. The van der Waals surface area contributed by atoms with Crippen LogP contribution in [0.1, 0.15) is 41.6 Å². The Labute approximate surface area is 104 Å². The Morgan fingerprint density at radius 3 is 2.24 bits per heavy atom. The molecule has 0 amide bonds. The molecule has 4 N–H and O–H groups in total. The fraction of sp³-hybridized carbons (Fsp3) is 0.571. The summed E-state index contributed by atoms with van der Waals surface area (Å²) in [6, 6.07) is 2.19. The van der Waals surface area contributed by atoms with Crippen LogP contribution in [0.3, 0.4) is 0 Å². The Balaban J connectivity index is 3.26. The van der Waals surface area contributed by atoms with Crippen LogP contribution in [-0.2, 0) is 0 Å². The third-order valence-corrected chi connectivity index (χ3v) is 3.24. The lowest BCUT2D eigenvalue weighted by Crippen LogP contribution is -2.24. The third-order valence-electron chi connectivity index (χ3n) is 3.24. The summed E-state index contributed by atoms with van der Waals surface area (Å²) in [5.74, 6) is 0.913. The lowest BCUT2D eigenvalue weighted by molar-refractivity contribution is 0.398. The molecule has 0 spiro atoms. The second kappa shape index (κ2) is 5.52. The number of hydrogen-bond donors (Lipinski definition) is 2. The van der Waals surface area contributed by atoms with Gasteiger partial charge in [-0.25, -0.2) is 0 Å². The zero-order chi connectivity index (χ0) is 13.2. The normalized spacial score (nSPS) is 14.5. The van der Waals surface area contributed by atoms with Crippen molar-refractivity contribution in [1.29, 1.82) is 0 Å². The van der Waals surface area contributed by atoms with Gasteiger partial charge in [0.1, 0.15) is 5.75 Å². The zero-order valence-electron chi connectivity index (χ0n) is 11.5. The van der Waals surface area contributed by atoms with Crippen molar-refractivity contribution < 1.29 is 4.74 Å². The van der Waals surface area contributed by atoms with E-state index in [-0.39, 0.29) is 12.1 Å². The SMILES string of the molecule is COc1c(C)c(C)cc(C)c1C(N)CC(C)N. The molecule has 0 saturated heterocycles. The molecule has 2 unspecified atom stereocenters. The first-order valence-corrected chi connectivity index (χ1v) is 6.04. The van der Waals surface area contributed by atoms with Crippen LogP contribution in [0.15, 0.2) is 6.07 Å². The molecule has 1 rings (SSSR count). The van der Waals surface area contributed by atoms with Gasteiger partial charge in [0.25, 0.3) is 0 Å². The maximum atomic E-state index is 6.23. The molecule has 96 valence electrons. The van der Waals surface area contributed by atoms with Gasteiger partial charge in [0.2, 0.25) is 0 Å². The van der Waals surface area contributed by atoms with E-state index < -0.39 is 0 Å². The highest BCUT2D eigenvalue weighted by molar-refractivity contribution is 5.51. The van der Waals surface area contributed by atoms with Gasteiger partial charge in [0.15, 0.2) is 0 Å². The van der Waals surface area contributed by atoms with Gasteiger partial charge in [-0.15, -0.1) is 0 Å². The number of hydrogen-bond acceptors (Lipinski definition) is 3. The zero-order valence-corrected chi connectivity index (χ0v) is 11.5. The molecule has 17 heavy (non-hydrogen) atoms. The molecule has 1 aromatic rings. The smallest absolute Gasteiger partial charge is 0.127 e. The summed E-state index contributed by atoms with van der Waals surface area (Å²) in [5.41, 5.74) is 16.7. The molecule has 0 fully saturated rings. The molecule has 1 aromatic carbocycles. The van der Waals surface area contributed by atoms with Crippen molar-refractivity contribution in [1.82, 2.24) is 0 Å². The molecule has 0 saturated carbocycles. The van der Waals surface area contributed by atoms with Crippen molar-refractivity contribution in [2.75, 3.05) is 7.11 Å². The summed E-state index contributed by atoms with van der Waals surface area (Å²) in [4.78, 5) is 0. The number of ether oxygens (including phenoxy) is 1. The molecule has 2 atom stereocenters. The standard InChI is InChI=1S/C14H24N2O/c1-8-6-9(2)13(12(16)7-10(3)15)14(17-5)11(8)4/h6,10,12H,7,15-16H2,1-5H3. The van der Waals surface area contributed by atoms with E-state index in [2.05, 4.69) is 26.8 Å². The van der Waals surface area contributed by atoms with Crippen molar-refractivity contribution in [2.24, 2.45) is 11.5 Å². The number of aryl methyl sites for hydroxylation is 2. The third kappa shape index (κ3) is 2.99. The molecular weight excluding hydrogens is 212 g/mol. The van der Waals surface area contributed by atoms with E-state index in [0.29, 0.717) is 0 Å². The predicted molar refractivity (Wildman–Crippen MR) is 72.4 cm³/mol. The van der Waals surface area contributed by atoms with Crippen molar-refractivity contribution in [2.45, 2.75) is 46.2 Å². The van der Waals surface area contributed by atoms with Crippen molar-refractivity contribution >= 4 is 0 Å². The molecule has 0 aromatic heterocycles. The Kier molecular flexibility index (Phi) is 4.54. The van der Waals surface area contributed by atoms with E-state index in [0.717, 1.165) is 23.3 Å². The number of methoxy groups -OCH3 is 1. The van der Waals surface area contributed by atoms with Gasteiger partial charge in [0, 0.05) is 17.6 Å². The van der Waals surface area contributed by atoms with Crippen molar-refractivity contribution in [3.63, 3.8) is 0 Å². The van der Waals surface area contributed by atoms with Gasteiger partial charge in [-0.3, -0.25) is 0 Å². The molecule has 0 aliphatic rings. The topological polar surface area (TPSA) is 61.3 Å². The van der Waals surface area contributed by atoms with Crippen LogP contribution in [0.4, 0.5) is 0 Å². The van der Waals surface area contributed by atoms with Crippen LogP contribution in [0.5, 0.6) is 5.75 Å². The number of nitrogens with two attached hydrogens (primary N) is 2. The molecule has 0 aliphatic heterocycles. The van der Waals surface area contributed by atoms with Crippen LogP contribution in [0, 0.1) is 20.8 Å². The van der Waals surface area contributed by atoms with Crippen LogP contribution < -0.4 is 16.2 Å². The molecule has 0 aliphatic carbocycles. The van der Waals surface area contributed by atoms with Crippen LogP contribution in [0.2, 0.25) is 0 Å². The minimum absolute atomic E-state index is 0.0655. The van der Waals surface area contributed by atoms with Gasteiger partial charge in [-0.2, -0.15) is 0 Å². The quantitative estimate of drug-likeness (QED) is 0.843. The summed E-state index contributed by atoms with van der Waals surface area (Å²) in [6.45, 7) is 8.20. The van der Waals surface area contributed by atoms with E-state index in [1.807, 2.05) is 6.92 Å². The first-order valence-electron chi connectivity index (χ1n) is 6.04. The molecule has 0 bridgehead atoms. The van der Waals surface area contributed by atoms with Gasteiger partial charge in [0.05, 0.1) is 7.11 Å². The first kappa shape index (κ1) is 14.0. The Morgan fingerprint density at radius 2 is 1.76 bits per heavy atom. The lowest BCUT2D eigenvalue weighted by atomic mass is 9.91. The van der Waals surface area contributed by atoms with Crippen molar-refractivity contribution in [3.05, 3.63) is 28.3 Å². The Bertz CT molecular complexity index is 400. The minimum atomic E-state index is -0.0655. The lowest BCUT2D eigenvalue weighted by Gasteiger charge is -2.22. The molecule has 0 heterocycles. The largest absolute Gasteiger partial charge is 0.496 e. The van der Waals surface area contributed by atoms with Crippen LogP contribution in [0.25, 0.3) is 0 Å². The second-order valence-corrected chi connectivity index (χ2v) is 4.90. The average Bonchev–Trinajstić information content (AvgIpc) is 2.21. The highest BCUT2D eigenvalue weighted by Crippen LogP contribution is 2.34. The summed E-state index contributed by atoms with van der Waals surface area (Å²) < 4.78 is 5.52. The molecule has 3 nitrogen and oxygen atoms in total. The van der Waals surface area contributed by atoms with Crippen LogP contribution in [-0.4, -0.2) is 13.2 Å².